The number of anilines is 1. The van der Waals surface area contributed by atoms with E-state index in [1.165, 1.54) is 29.7 Å². The predicted molar refractivity (Wildman–Crippen MR) is 83.3 cm³/mol. The molecule has 0 fully saturated rings. The molecule has 0 saturated heterocycles. The summed E-state index contributed by atoms with van der Waals surface area (Å²) in [7, 11) is 1.50. The minimum Gasteiger partial charge on any atom is -0.374 e. The van der Waals surface area contributed by atoms with E-state index in [-0.39, 0.29) is 0 Å². The molecule has 1 unspecified atom stereocenters. The Labute approximate surface area is 118 Å². The highest BCUT2D eigenvalue weighted by Crippen LogP contribution is 2.26. The van der Waals surface area contributed by atoms with Crippen molar-refractivity contribution in [2.24, 2.45) is 0 Å². The molecule has 1 aromatic rings. The van der Waals surface area contributed by atoms with Crippen LogP contribution in [-0.4, -0.2) is 35.9 Å². The van der Waals surface area contributed by atoms with Crippen LogP contribution in [0.2, 0.25) is 0 Å². The Balaban J connectivity index is 1.86. The Morgan fingerprint density at radius 1 is 1.42 bits per heavy atom. The maximum Gasteiger partial charge on any atom is 0.0396 e. The molecular weight excluding hydrogens is 256 g/mol. The van der Waals surface area contributed by atoms with E-state index in [2.05, 4.69) is 35.5 Å². The Hall–Kier alpha value is -0.870. The van der Waals surface area contributed by atoms with Gasteiger partial charge in [-0.3, -0.25) is 4.21 Å². The fourth-order valence-corrected chi connectivity index (χ4v) is 3.17. The quantitative estimate of drug-likeness (QED) is 0.808. The average molecular weight is 280 g/mol. The summed E-state index contributed by atoms with van der Waals surface area (Å²) in [6, 6.07) is 6.74. The van der Waals surface area contributed by atoms with Crippen molar-refractivity contribution in [3.63, 3.8) is 0 Å². The van der Waals surface area contributed by atoms with E-state index in [0.717, 1.165) is 31.1 Å². The molecule has 0 aliphatic carbocycles. The molecule has 2 rings (SSSR count). The smallest absolute Gasteiger partial charge is 0.0396 e. The van der Waals surface area contributed by atoms with Crippen molar-refractivity contribution >= 4 is 16.5 Å². The molecule has 0 aromatic heterocycles. The van der Waals surface area contributed by atoms with E-state index in [0.29, 0.717) is 0 Å². The van der Waals surface area contributed by atoms with Gasteiger partial charge in [-0.15, -0.1) is 0 Å². The minimum absolute atomic E-state index is 0.661. The van der Waals surface area contributed by atoms with Gasteiger partial charge < -0.3 is 10.2 Å². The maximum atomic E-state index is 11.3. The van der Waals surface area contributed by atoms with Crippen molar-refractivity contribution in [2.45, 2.75) is 26.3 Å². The molecule has 3 nitrogen and oxygen atoms in total. The van der Waals surface area contributed by atoms with Crippen LogP contribution in [-0.2, 0) is 23.8 Å². The molecule has 1 aromatic carbocycles. The summed E-state index contributed by atoms with van der Waals surface area (Å²) in [5.41, 5.74) is 4.17. The third kappa shape index (κ3) is 4.05. The summed E-state index contributed by atoms with van der Waals surface area (Å²) in [6.07, 6.45) is 2.43. The first-order valence-electron chi connectivity index (χ1n) is 7.09. The highest BCUT2D eigenvalue weighted by atomic mass is 32.2. The van der Waals surface area contributed by atoms with Gasteiger partial charge in [0.2, 0.25) is 0 Å². The van der Waals surface area contributed by atoms with E-state index < -0.39 is 10.8 Å². The van der Waals surface area contributed by atoms with Crippen LogP contribution in [0.1, 0.15) is 24.5 Å². The fourth-order valence-electron chi connectivity index (χ4n) is 2.51. The zero-order valence-electron chi connectivity index (χ0n) is 11.9. The van der Waals surface area contributed by atoms with Gasteiger partial charge in [-0.25, -0.2) is 0 Å². The summed E-state index contributed by atoms with van der Waals surface area (Å²) >= 11 is 0. The molecule has 0 spiro atoms. The lowest BCUT2D eigenvalue weighted by Crippen LogP contribution is -2.25. The van der Waals surface area contributed by atoms with E-state index in [9.17, 15) is 4.21 Å². The first-order chi connectivity index (χ1) is 9.20. The Morgan fingerprint density at radius 2 is 2.26 bits per heavy atom. The SMILES string of the molecule is CCS(=O)CCNCc1ccc2c(c1)CCCN2C. The predicted octanol–water partition coefficient (Wildman–Crippen LogP) is 1.93. The van der Waals surface area contributed by atoms with E-state index in [1.807, 2.05) is 6.92 Å². The van der Waals surface area contributed by atoms with Gasteiger partial charge in [0.05, 0.1) is 0 Å². The molecule has 1 aliphatic heterocycles. The molecule has 19 heavy (non-hydrogen) atoms. The summed E-state index contributed by atoms with van der Waals surface area (Å²) in [4.78, 5) is 2.33. The lowest BCUT2D eigenvalue weighted by Gasteiger charge is -2.27. The van der Waals surface area contributed by atoms with Crippen molar-refractivity contribution < 1.29 is 4.21 Å². The van der Waals surface area contributed by atoms with Gasteiger partial charge >= 0.3 is 0 Å². The molecule has 106 valence electrons. The summed E-state index contributed by atoms with van der Waals surface area (Å²) in [5.74, 6) is 1.51. The van der Waals surface area contributed by atoms with E-state index in [4.69, 9.17) is 0 Å². The number of benzene rings is 1. The molecule has 1 N–H and O–H groups in total. The molecule has 0 bridgehead atoms. The van der Waals surface area contributed by atoms with Gasteiger partial charge in [0, 0.05) is 54.7 Å². The highest BCUT2D eigenvalue weighted by Gasteiger charge is 2.13. The lowest BCUT2D eigenvalue weighted by molar-refractivity contribution is 0.673. The van der Waals surface area contributed by atoms with Crippen molar-refractivity contribution in [1.29, 1.82) is 0 Å². The first kappa shape index (κ1) is 14.5. The number of nitrogens with zero attached hydrogens (tertiary/aromatic N) is 1. The Bertz CT molecular complexity index is 448. The maximum absolute atomic E-state index is 11.3. The summed E-state index contributed by atoms with van der Waals surface area (Å²) in [5, 5.41) is 3.38. The lowest BCUT2D eigenvalue weighted by atomic mass is 9.99. The summed E-state index contributed by atoms with van der Waals surface area (Å²) in [6.45, 7) is 4.83. The number of nitrogens with one attached hydrogen (secondary N) is 1. The van der Waals surface area contributed by atoms with Crippen LogP contribution in [0.15, 0.2) is 18.2 Å². The first-order valence-corrected chi connectivity index (χ1v) is 8.58. The number of rotatable bonds is 6. The second kappa shape index (κ2) is 7.06. The van der Waals surface area contributed by atoms with Crippen molar-refractivity contribution in [1.82, 2.24) is 5.32 Å². The second-order valence-electron chi connectivity index (χ2n) is 5.10. The normalized spacial score (nSPS) is 16.2. The van der Waals surface area contributed by atoms with Gasteiger partial charge in [-0.05, 0) is 30.0 Å². The largest absolute Gasteiger partial charge is 0.374 e. The van der Waals surface area contributed by atoms with Crippen LogP contribution in [0, 0.1) is 0 Å². The van der Waals surface area contributed by atoms with Gasteiger partial charge in [0.15, 0.2) is 0 Å². The number of aryl methyl sites for hydroxylation is 1. The fraction of sp³-hybridized carbons (Fsp3) is 0.600. The second-order valence-corrected chi connectivity index (χ2v) is 6.96. The van der Waals surface area contributed by atoms with Gasteiger partial charge in [0.1, 0.15) is 0 Å². The van der Waals surface area contributed by atoms with Gasteiger partial charge in [-0.1, -0.05) is 19.1 Å². The number of hydrogen-bond donors (Lipinski definition) is 1. The molecule has 1 heterocycles. The van der Waals surface area contributed by atoms with Crippen LogP contribution < -0.4 is 10.2 Å². The van der Waals surface area contributed by atoms with Crippen LogP contribution in [0.4, 0.5) is 5.69 Å². The molecule has 0 radical (unpaired) electrons. The van der Waals surface area contributed by atoms with Gasteiger partial charge in [0.25, 0.3) is 0 Å². The third-order valence-corrected chi connectivity index (χ3v) is 4.96. The monoisotopic (exact) mass is 280 g/mol. The molecular formula is C15H24N2OS. The highest BCUT2D eigenvalue weighted by molar-refractivity contribution is 7.84. The van der Waals surface area contributed by atoms with Crippen molar-refractivity contribution in [2.75, 3.05) is 36.5 Å². The summed E-state index contributed by atoms with van der Waals surface area (Å²) < 4.78 is 11.3. The van der Waals surface area contributed by atoms with Crippen LogP contribution >= 0.6 is 0 Å². The zero-order chi connectivity index (χ0) is 13.7. The average Bonchev–Trinajstić information content (AvgIpc) is 2.43. The van der Waals surface area contributed by atoms with Crippen molar-refractivity contribution in [3.8, 4) is 0 Å². The Kier molecular flexibility index (Phi) is 5.40. The molecule has 1 atom stereocenters. The molecule has 1 aliphatic rings. The van der Waals surface area contributed by atoms with Gasteiger partial charge in [-0.2, -0.15) is 0 Å². The minimum atomic E-state index is -0.661. The van der Waals surface area contributed by atoms with E-state index in [1.54, 1.807) is 0 Å². The van der Waals surface area contributed by atoms with Crippen LogP contribution in [0.3, 0.4) is 0 Å². The molecule has 0 saturated carbocycles. The van der Waals surface area contributed by atoms with Crippen LogP contribution in [0.5, 0.6) is 0 Å². The number of hydrogen-bond acceptors (Lipinski definition) is 3. The number of fused-ring (bicyclic) bond motifs is 1. The zero-order valence-corrected chi connectivity index (χ0v) is 12.8. The van der Waals surface area contributed by atoms with Crippen molar-refractivity contribution in [3.05, 3.63) is 29.3 Å². The molecule has 4 heteroatoms. The topological polar surface area (TPSA) is 32.3 Å². The van der Waals surface area contributed by atoms with Crippen LogP contribution in [0.25, 0.3) is 0 Å². The Morgan fingerprint density at radius 3 is 3.05 bits per heavy atom. The standard InChI is InChI=1S/C15H24N2OS/c1-3-19(18)10-8-16-12-13-6-7-15-14(11-13)5-4-9-17(15)2/h6-7,11,16H,3-5,8-10,12H2,1-2H3. The third-order valence-electron chi connectivity index (χ3n) is 3.65. The van der Waals surface area contributed by atoms with E-state index >= 15 is 0 Å². The molecule has 0 amide bonds.